The second-order valence-electron chi connectivity index (χ2n) is 5.44. The number of carbonyl (C=O) groups is 2. The minimum absolute atomic E-state index is 0.138. The molecule has 0 radical (unpaired) electrons. The van der Waals surface area contributed by atoms with Crippen LogP contribution in [-0.2, 0) is 0 Å². The van der Waals surface area contributed by atoms with Crippen molar-refractivity contribution in [1.29, 1.82) is 0 Å². The van der Waals surface area contributed by atoms with Crippen LogP contribution < -0.4 is 5.32 Å². The highest BCUT2D eigenvalue weighted by Gasteiger charge is 2.27. The van der Waals surface area contributed by atoms with E-state index in [-0.39, 0.29) is 11.9 Å². The number of nitrogens with one attached hydrogen (secondary N) is 1. The van der Waals surface area contributed by atoms with E-state index in [4.69, 9.17) is 0 Å². The molecule has 0 spiro atoms. The van der Waals surface area contributed by atoms with Gasteiger partial charge in [-0.15, -0.1) is 0 Å². The predicted molar refractivity (Wildman–Crippen MR) is 81.3 cm³/mol. The van der Waals surface area contributed by atoms with Crippen LogP contribution in [0.25, 0.3) is 0 Å². The maximum atomic E-state index is 12.3. The van der Waals surface area contributed by atoms with Crippen LogP contribution in [0.1, 0.15) is 36.7 Å². The van der Waals surface area contributed by atoms with Crippen molar-refractivity contribution in [2.75, 3.05) is 26.0 Å². The van der Waals surface area contributed by atoms with Crippen LogP contribution >= 0.6 is 0 Å². The number of amides is 3. The van der Waals surface area contributed by atoms with E-state index in [1.54, 1.807) is 32.3 Å². The monoisotopic (exact) mass is 290 g/mol. The highest BCUT2D eigenvalue weighted by Crippen LogP contribution is 2.20. The molecule has 0 bridgehead atoms. The van der Waals surface area contributed by atoms with Crippen LogP contribution in [-0.4, -0.2) is 53.4 Å². The van der Waals surface area contributed by atoms with Crippen molar-refractivity contribution in [3.63, 3.8) is 0 Å². The second kappa shape index (κ2) is 6.56. The Bertz CT molecular complexity index is 530. The van der Waals surface area contributed by atoms with Crippen LogP contribution in [0.4, 0.5) is 10.6 Å². The molecule has 1 aromatic heterocycles. The molecule has 1 saturated heterocycles. The van der Waals surface area contributed by atoms with Gasteiger partial charge in [-0.3, -0.25) is 10.1 Å². The zero-order chi connectivity index (χ0) is 15.4. The smallest absolute Gasteiger partial charge is 0.323 e. The van der Waals surface area contributed by atoms with Gasteiger partial charge in [0.25, 0.3) is 5.91 Å². The first-order chi connectivity index (χ1) is 10.0. The summed E-state index contributed by atoms with van der Waals surface area (Å²) in [5, 5.41) is 2.79. The number of likely N-dealkylation sites (tertiary alicyclic amines) is 1. The molecule has 114 valence electrons. The quantitative estimate of drug-likeness (QED) is 0.928. The van der Waals surface area contributed by atoms with Gasteiger partial charge in [0.05, 0.1) is 0 Å². The number of rotatable bonds is 3. The van der Waals surface area contributed by atoms with Gasteiger partial charge in [-0.1, -0.05) is 13.0 Å². The SMILES string of the molecule is CC[C@@H]1CCCN1C(=O)Nc1cccc(C(=O)N(C)C)n1. The average Bonchev–Trinajstić information content (AvgIpc) is 2.95. The van der Waals surface area contributed by atoms with Crippen molar-refractivity contribution < 1.29 is 9.59 Å². The summed E-state index contributed by atoms with van der Waals surface area (Å²) in [4.78, 5) is 31.7. The van der Waals surface area contributed by atoms with Crippen molar-refractivity contribution in [2.45, 2.75) is 32.2 Å². The van der Waals surface area contributed by atoms with Crippen molar-refractivity contribution in [3.05, 3.63) is 23.9 Å². The van der Waals surface area contributed by atoms with Crippen LogP contribution in [0, 0.1) is 0 Å². The molecule has 1 aliphatic heterocycles. The molecule has 0 aromatic carbocycles. The number of aromatic nitrogens is 1. The van der Waals surface area contributed by atoms with Gasteiger partial charge < -0.3 is 9.80 Å². The summed E-state index contributed by atoms with van der Waals surface area (Å²) < 4.78 is 0. The average molecular weight is 290 g/mol. The number of pyridine rings is 1. The summed E-state index contributed by atoms with van der Waals surface area (Å²) >= 11 is 0. The third-order valence-electron chi connectivity index (χ3n) is 3.72. The van der Waals surface area contributed by atoms with E-state index in [9.17, 15) is 9.59 Å². The summed E-state index contributed by atoms with van der Waals surface area (Å²) in [7, 11) is 3.34. The predicted octanol–water partition coefficient (Wildman–Crippen LogP) is 2.19. The number of urea groups is 1. The number of nitrogens with zero attached hydrogens (tertiary/aromatic N) is 3. The standard InChI is InChI=1S/C15H22N4O2/c1-4-11-7-6-10-19(11)15(21)17-13-9-5-8-12(16-13)14(20)18(2)3/h5,8-9,11H,4,6-7,10H2,1-3H3,(H,16,17,21)/t11-/m1/s1. The van der Waals surface area contributed by atoms with Crippen molar-refractivity contribution in [3.8, 4) is 0 Å². The first-order valence-corrected chi connectivity index (χ1v) is 7.29. The van der Waals surface area contributed by atoms with E-state index in [2.05, 4.69) is 17.2 Å². The molecular weight excluding hydrogens is 268 g/mol. The van der Waals surface area contributed by atoms with Gasteiger partial charge >= 0.3 is 6.03 Å². The third kappa shape index (κ3) is 3.51. The fraction of sp³-hybridized carbons (Fsp3) is 0.533. The number of hydrogen-bond acceptors (Lipinski definition) is 3. The molecule has 0 unspecified atom stereocenters. The highest BCUT2D eigenvalue weighted by atomic mass is 16.2. The summed E-state index contributed by atoms with van der Waals surface area (Å²) in [6.07, 6.45) is 3.05. The van der Waals surface area contributed by atoms with Crippen molar-refractivity contribution in [2.24, 2.45) is 0 Å². The summed E-state index contributed by atoms with van der Waals surface area (Å²) in [6.45, 7) is 2.87. The van der Waals surface area contributed by atoms with Gasteiger partial charge in [-0.25, -0.2) is 9.78 Å². The third-order valence-corrected chi connectivity index (χ3v) is 3.72. The first-order valence-electron chi connectivity index (χ1n) is 7.29. The van der Waals surface area contributed by atoms with Gasteiger partial charge in [0.1, 0.15) is 11.5 Å². The van der Waals surface area contributed by atoms with Crippen LogP contribution in [0.15, 0.2) is 18.2 Å². The Hall–Kier alpha value is -2.11. The Morgan fingerprint density at radius 2 is 2.19 bits per heavy atom. The number of hydrogen-bond donors (Lipinski definition) is 1. The van der Waals surface area contributed by atoms with Gasteiger partial charge in [-0.05, 0) is 31.4 Å². The zero-order valence-electron chi connectivity index (χ0n) is 12.8. The Morgan fingerprint density at radius 1 is 1.43 bits per heavy atom. The summed E-state index contributed by atoms with van der Waals surface area (Å²) in [6, 6.07) is 5.22. The molecule has 1 aliphatic rings. The molecule has 0 aliphatic carbocycles. The minimum Gasteiger partial charge on any atom is -0.343 e. The molecule has 6 heteroatoms. The van der Waals surface area contributed by atoms with Gasteiger partial charge in [0, 0.05) is 26.7 Å². The van der Waals surface area contributed by atoms with E-state index in [1.807, 2.05) is 4.90 Å². The first kappa shape index (κ1) is 15.3. The maximum absolute atomic E-state index is 12.3. The van der Waals surface area contributed by atoms with E-state index >= 15 is 0 Å². The lowest BCUT2D eigenvalue weighted by atomic mass is 10.2. The Balaban J connectivity index is 2.07. The van der Waals surface area contributed by atoms with Crippen LogP contribution in [0.5, 0.6) is 0 Å². The lowest BCUT2D eigenvalue weighted by molar-refractivity contribution is 0.0822. The highest BCUT2D eigenvalue weighted by molar-refractivity contribution is 5.93. The minimum atomic E-state index is -0.182. The molecule has 3 amide bonds. The molecule has 21 heavy (non-hydrogen) atoms. The Morgan fingerprint density at radius 3 is 2.86 bits per heavy atom. The Kier molecular flexibility index (Phi) is 4.77. The van der Waals surface area contributed by atoms with Crippen molar-refractivity contribution >= 4 is 17.8 Å². The molecular formula is C15H22N4O2. The maximum Gasteiger partial charge on any atom is 0.323 e. The normalized spacial score (nSPS) is 17.7. The zero-order valence-corrected chi connectivity index (χ0v) is 12.8. The molecule has 2 heterocycles. The van der Waals surface area contributed by atoms with Crippen molar-refractivity contribution in [1.82, 2.24) is 14.8 Å². The van der Waals surface area contributed by atoms with E-state index in [0.717, 1.165) is 25.8 Å². The molecule has 1 aromatic rings. The molecule has 6 nitrogen and oxygen atoms in total. The lowest BCUT2D eigenvalue weighted by Crippen LogP contribution is -2.38. The number of carbonyl (C=O) groups excluding carboxylic acids is 2. The Labute approximate surface area is 125 Å². The fourth-order valence-corrected chi connectivity index (χ4v) is 2.56. The topological polar surface area (TPSA) is 65.5 Å². The molecule has 0 saturated carbocycles. The van der Waals surface area contributed by atoms with E-state index in [1.165, 1.54) is 4.90 Å². The molecule has 1 atom stereocenters. The molecule has 2 rings (SSSR count). The molecule has 1 fully saturated rings. The molecule has 1 N–H and O–H groups in total. The van der Waals surface area contributed by atoms with Gasteiger partial charge in [0.2, 0.25) is 0 Å². The number of anilines is 1. The van der Waals surface area contributed by atoms with Gasteiger partial charge in [-0.2, -0.15) is 0 Å². The largest absolute Gasteiger partial charge is 0.343 e. The second-order valence-corrected chi connectivity index (χ2v) is 5.44. The summed E-state index contributed by atoms with van der Waals surface area (Å²) in [5.41, 5.74) is 0.325. The fourth-order valence-electron chi connectivity index (χ4n) is 2.56. The lowest BCUT2D eigenvalue weighted by Gasteiger charge is -2.23. The van der Waals surface area contributed by atoms with E-state index in [0.29, 0.717) is 17.6 Å². The van der Waals surface area contributed by atoms with Gasteiger partial charge in [0.15, 0.2) is 0 Å². The van der Waals surface area contributed by atoms with Crippen LogP contribution in [0.3, 0.4) is 0 Å². The van der Waals surface area contributed by atoms with E-state index < -0.39 is 0 Å². The van der Waals surface area contributed by atoms with Crippen LogP contribution in [0.2, 0.25) is 0 Å². The summed E-state index contributed by atoms with van der Waals surface area (Å²) in [5.74, 6) is 0.230.